The number of nitrogens with two attached hydrogens (primary N) is 1. The number of nitrogens with zero attached hydrogens (tertiary/aromatic N) is 1. The van der Waals surface area contributed by atoms with Gasteiger partial charge in [0.25, 0.3) is 6.01 Å². The highest BCUT2D eigenvalue weighted by Crippen LogP contribution is 2.17. The van der Waals surface area contributed by atoms with E-state index in [1.165, 1.54) is 0 Å². The first-order valence-corrected chi connectivity index (χ1v) is 4.68. The molecule has 1 heterocycles. The van der Waals surface area contributed by atoms with Gasteiger partial charge in [-0.15, -0.1) is 0 Å². The number of benzene rings is 1. The number of nitrogen functional groups attached to an aromatic ring is 1. The van der Waals surface area contributed by atoms with Gasteiger partial charge in [-0.2, -0.15) is 17.6 Å². The highest BCUT2D eigenvalue weighted by molar-refractivity contribution is 7.80. The van der Waals surface area contributed by atoms with Crippen LogP contribution in [0.5, 0.6) is 0 Å². The van der Waals surface area contributed by atoms with Crippen molar-refractivity contribution in [2.24, 2.45) is 0 Å². The molecule has 0 fully saturated rings. The van der Waals surface area contributed by atoms with Gasteiger partial charge in [0.1, 0.15) is 5.52 Å². The molecular weight excluding hydrogens is 196 g/mol. The number of oxazole rings is 1. The third-order valence-corrected chi connectivity index (χ3v) is 1.87. The van der Waals surface area contributed by atoms with Crippen LogP contribution in [0.2, 0.25) is 0 Å². The van der Waals surface area contributed by atoms with E-state index in [1.807, 2.05) is 12.1 Å². The molecule has 0 spiro atoms. The zero-order chi connectivity index (χ0) is 9.97. The van der Waals surface area contributed by atoms with Crippen molar-refractivity contribution in [2.45, 2.75) is 0 Å². The largest absolute Gasteiger partial charge is 0.424 e. The molecule has 0 amide bonds. The van der Waals surface area contributed by atoms with Gasteiger partial charge in [-0.25, -0.2) is 0 Å². The van der Waals surface area contributed by atoms with Gasteiger partial charge in [-0.3, -0.25) is 0 Å². The molecule has 0 saturated carbocycles. The monoisotopic (exact) mass is 204 g/mol. The van der Waals surface area contributed by atoms with Crippen molar-refractivity contribution < 1.29 is 4.42 Å². The lowest BCUT2D eigenvalue weighted by Crippen LogP contribution is -1.80. The van der Waals surface area contributed by atoms with Crippen LogP contribution in [0.4, 0.5) is 6.01 Å². The second kappa shape index (κ2) is 3.64. The Morgan fingerprint density at radius 2 is 2.36 bits per heavy atom. The molecule has 0 aliphatic heterocycles. The summed E-state index contributed by atoms with van der Waals surface area (Å²) in [5, 5.41) is 0. The van der Waals surface area contributed by atoms with Crippen LogP contribution >= 0.6 is 12.6 Å². The van der Waals surface area contributed by atoms with Crippen molar-refractivity contribution in [3.63, 3.8) is 0 Å². The molecule has 2 aromatic rings. The van der Waals surface area contributed by atoms with Gasteiger partial charge in [-0.05, 0) is 18.2 Å². The number of fused-ring (bicyclic) bond motifs is 1. The van der Waals surface area contributed by atoms with Crippen molar-refractivity contribution in [1.82, 2.24) is 4.98 Å². The van der Waals surface area contributed by atoms with Gasteiger partial charge in [0.05, 0.1) is 5.75 Å². The van der Waals surface area contributed by atoms with Crippen LogP contribution < -0.4 is 5.73 Å². The van der Waals surface area contributed by atoms with Crippen LogP contribution in [0, 0.1) is 11.8 Å². The summed E-state index contributed by atoms with van der Waals surface area (Å²) in [5.74, 6) is 6.35. The van der Waals surface area contributed by atoms with Crippen LogP contribution in [0.3, 0.4) is 0 Å². The zero-order valence-corrected chi connectivity index (χ0v) is 8.21. The lowest BCUT2D eigenvalue weighted by atomic mass is 10.2. The van der Waals surface area contributed by atoms with Crippen LogP contribution in [-0.4, -0.2) is 10.7 Å². The lowest BCUT2D eigenvalue weighted by molar-refractivity contribution is 0.626. The highest BCUT2D eigenvalue weighted by atomic mass is 32.1. The Hall–Kier alpha value is -1.60. The first-order chi connectivity index (χ1) is 6.79. The fourth-order valence-corrected chi connectivity index (χ4v) is 1.24. The average molecular weight is 204 g/mol. The number of thiol groups is 1. The quantitative estimate of drug-likeness (QED) is 0.507. The van der Waals surface area contributed by atoms with E-state index in [2.05, 4.69) is 29.5 Å². The van der Waals surface area contributed by atoms with Crippen molar-refractivity contribution in [3.8, 4) is 11.8 Å². The molecule has 0 radical (unpaired) electrons. The van der Waals surface area contributed by atoms with Crippen molar-refractivity contribution in [1.29, 1.82) is 0 Å². The summed E-state index contributed by atoms with van der Waals surface area (Å²) in [6.07, 6.45) is 0. The molecule has 0 aliphatic rings. The smallest absolute Gasteiger partial charge is 0.292 e. The SMILES string of the molecule is Nc1nc2cc(C#CCS)ccc2o1. The number of rotatable bonds is 0. The Morgan fingerprint density at radius 3 is 3.14 bits per heavy atom. The van der Waals surface area contributed by atoms with Crippen molar-refractivity contribution in [2.75, 3.05) is 11.5 Å². The lowest BCUT2D eigenvalue weighted by Gasteiger charge is -1.88. The summed E-state index contributed by atoms with van der Waals surface area (Å²) in [6.45, 7) is 0. The number of hydrogen-bond donors (Lipinski definition) is 2. The Bertz CT molecular complexity index is 522. The van der Waals surface area contributed by atoms with Crippen molar-refractivity contribution >= 4 is 29.7 Å². The average Bonchev–Trinajstić information content (AvgIpc) is 2.54. The topological polar surface area (TPSA) is 52.0 Å². The van der Waals surface area contributed by atoms with Gasteiger partial charge < -0.3 is 10.2 Å². The molecule has 0 aliphatic carbocycles. The third-order valence-electron chi connectivity index (χ3n) is 1.72. The molecule has 3 nitrogen and oxygen atoms in total. The van der Waals surface area contributed by atoms with Crippen LogP contribution in [-0.2, 0) is 0 Å². The van der Waals surface area contributed by atoms with Crippen LogP contribution in [0.1, 0.15) is 5.56 Å². The summed E-state index contributed by atoms with van der Waals surface area (Å²) in [4.78, 5) is 4.01. The predicted molar refractivity (Wildman–Crippen MR) is 59.2 cm³/mol. The number of aromatic nitrogens is 1. The minimum atomic E-state index is 0.180. The van der Waals surface area contributed by atoms with Gasteiger partial charge >= 0.3 is 0 Å². The molecule has 1 aromatic carbocycles. The third kappa shape index (κ3) is 1.68. The van der Waals surface area contributed by atoms with E-state index < -0.39 is 0 Å². The summed E-state index contributed by atoms with van der Waals surface area (Å²) in [6, 6.07) is 5.69. The van der Waals surface area contributed by atoms with Gasteiger partial charge in [0.15, 0.2) is 5.58 Å². The maximum absolute atomic E-state index is 5.41. The predicted octanol–water partition coefficient (Wildman–Crippen LogP) is 1.69. The van der Waals surface area contributed by atoms with E-state index in [4.69, 9.17) is 10.2 Å². The number of anilines is 1. The normalized spacial score (nSPS) is 9.79. The molecule has 0 unspecified atom stereocenters. The number of hydrogen-bond acceptors (Lipinski definition) is 4. The van der Waals surface area contributed by atoms with E-state index in [-0.39, 0.29) is 6.01 Å². The molecule has 0 atom stereocenters. The van der Waals surface area contributed by atoms with Gasteiger partial charge in [0, 0.05) is 5.56 Å². The fraction of sp³-hybridized carbons (Fsp3) is 0.100. The molecule has 0 saturated heterocycles. The summed E-state index contributed by atoms with van der Waals surface area (Å²) < 4.78 is 5.13. The maximum Gasteiger partial charge on any atom is 0.292 e. The second-order valence-corrected chi connectivity index (χ2v) is 3.01. The Kier molecular flexibility index (Phi) is 2.33. The molecule has 14 heavy (non-hydrogen) atoms. The summed E-state index contributed by atoms with van der Waals surface area (Å²) in [5.41, 5.74) is 7.71. The Balaban J connectivity index is 2.50. The Labute approximate surface area is 86.7 Å². The minimum absolute atomic E-state index is 0.180. The molecule has 1 aromatic heterocycles. The van der Waals surface area contributed by atoms with Crippen molar-refractivity contribution in [3.05, 3.63) is 23.8 Å². The van der Waals surface area contributed by atoms with E-state index in [0.717, 1.165) is 11.1 Å². The second-order valence-electron chi connectivity index (χ2n) is 2.69. The van der Waals surface area contributed by atoms with Crippen LogP contribution in [0.15, 0.2) is 22.6 Å². The zero-order valence-electron chi connectivity index (χ0n) is 7.32. The maximum atomic E-state index is 5.41. The molecule has 4 heteroatoms. The highest BCUT2D eigenvalue weighted by Gasteiger charge is 2.01. The molecule has 70 valence electrons. The first-order valence-electron chi connectivity index (χ1n) is 4.05. The Morgan fingerprint density at radius 1 is 1.50 bits per heavy atom. The van der Waals surface area contributed by atoms with Gasteiger partial charge in [-0.1, -0.05) is 11.8 Å². The van der Waals surface area contributed by atoms with E-state index in [1.54, 1.807) is 6.07 Å². The molecule has 0 bridgehead atoms. The van der Waals surface area contributed by atoms with E-state index in [9.17, 15) is 0 Å². The first kappa shape index (κ1) is 8.97. The molecule has 2 N–H and O–H groups in total. The standard InChI is InChI=1S/C10H8N2OS/c11-10-12-8-6-7(2-1-5-14)3-4-9(8)13-10/h3-4,6,14H,5H2,(H2,11,12). The van der Waals surface area contributed by atoms with E-state index in [0.29, 0.717) is 11.3 Å². The van der Waals surface area contributed by atoms with Crippen LogP contribution in [0.25, 0.3) is 11.1 Å². The minimum Gasteiger partial charge on any atom is -0.424 e. The van der Waals surface area contributed by atoms with Gasteiger partial charge in [0.2, 0.25) is 0 Å². The summed E-state index contributed by atoms with van der Waals surface area (Å²) >= 11 is 4.00. The van der Waals surface area contributed by atoms with E-state index >= 15 is 0 Å². The molecule has 2 rings (SSSR count). The fourth-order valence-electron chi connectivity index (χ4n) is 1.16. The molecular formula is C10H8N2OS. The summed E-state index contributed by atoms with van der Waals surface area (Å²) in [7, 11) is 0.